The van der Waals surface area contributed by atoms with Gasteiger partial charge in [-0.3, -0.25) is 28.8 Å². The molecule has 0 aromatic heterocycles. The fraction of sp³-hybridized carbons (Fsp3) is 0.143. The van der Waals surface area contributed by atoms with Crippen molar-refractivity contribution in [2.75, 3.05) is 0 Å². The van der Waals surface area contributed by atoms with Crippen molar-refractivity contribution in [3.63, 3.8) is 0 Å². The number of hydrogen-bond donors (Lipinski definition) is 12. The Bertz CT molecular complexity index is 4530. The lowest BCUT2D eigenvalue weighted by Crippen LogP contribution is -2.24. The molecule has 8 aromatic rings. The second-order valence-electron chi connectivity index (χ2n) is 23.4. The molecule has 0 saturated heterocycles. The first kappa shape index (κ1) is 83.6. The number of halogens is 3. The van der Waals surface area contributed by atoms with E-state index in [2.05, 4.69) is 73.7 Å². The minimum atomic E-state index is -4.77. The van der Waals surface area contributed by atoms with Gasteiger partial charge in [0.25, 0.3) is 35.4 Å². The van der Waals surface area contributed by atoms with E-state index in [1.165, 1.54) is 79.7 Å². The summed E-state index contributed by atoms with van der Waals surface area (Å²) in [6.07, 6.45) is 13.1. The highest BCUT2D eigenvalue weighted by Crippen LogP contribution is 2.35. The lowest BCUT2D eigenvalue weighted by atomic mass is 9.82. The summed E-state index contributed by atoms with van der Waals surface area (Å²) in [5, 5.41) is 1.83. The van der Waals surface area contributed by atoms with Gasteiger partial charge in [-0.1, -0.05) is 210 Å². The van der Waals surface area contributed by atoms with Gasteiger partial charge in [0.1, 0.15) is 5.75 Å². The van der Waals surface area contributed by atoms with E-state index in [1.807, 2.05) is 133 Å². The topological polar surface area (TPSA) is 498 Å². The van der Waals surface area contributed by atoms with Gasteiger partial charge in [0, 0.05) is 35.4 Å². The number of carbonyl (C=O) groups excluding carboxylic acids is 6. The minimum absolute atomic E-state index is 0.0771. The number of aliphatic imine (C=N–C) groups is 6. The van der Waals surface area contributed by atoms with Gasteiger partial charge in [-0.05, 0) is 134 Å². The molecule has 0 aliphatic heterocycles. The zero-order valence-electron chi connectivity index (χ0n) is 57.9. The third kappa shape index (κ3) is 34.2. The van der Waals surface area contributed by atoms with Crippen LogP contribution in [0.25, 0.3) is 46.2 Å². The Morgan fingerprint density at radius 2 is 0.810 bits per heavy atom. The van der Waals surface area contributed by atoms with Crippen molar-refractivity contribution in [2.45, 2.75) is 70.6 Å². The van der Waals surface area contributed by atoms with E-state index in [9.17, 15) is 41.9 Å². The van der Waals surface area contributed by atoms with Crippen LogP contribution < -0.4 is 73.5 Å². The summed E-state index contributed by atoms with van der Waals surface area (Å²) >= 11 is 0. The van der Waals surface area contributed by atoms with Crippen molar-refractivity contribution in [3.05, 3.63) is 269 Å². The highest BCUT2D eigenvalue weighted by molar-refractivity contribution is 6.11. The Balaban J connectivity index is 0.000000267. The van der Waals surface area contributed by atoms with E-state index in [0.717, 1.165) is 56.8 Å². The number of guanidine groups is 6. The first-order chi connectivity index (χ1) is 49.7. The van der Waals surface area contributed by atoms with E-state index in [-0.39, 0.29) is 41.0 Å². The first-order valence-corrected chi connectivity index (χ1v) is 32.0. The largest absolute Gasteiger partial charge is 0.573 e. The zero-order chi connectivity index (χ0) is 77.5. The van der Waals surface area contributed by atoms with Crippen molar-refractivity contribution in [1.82, 2.24) is 0 Å². The van der Waals surface area contributed by atoms with Crippen LogP contribution in [0.15, 0.2) is 254 Å². The molecule has 0 heterocycles. The highest BCUT2D eigenvalue weighted by atomic mass is 19.4. The van der Waals surface area contributed by atoms with Crippen molar-refractivity contribution in [3.8, 4) is 16.9 Å². The van der Waals surface area contributed by atoms with Crippen molar-refractivity contribution < 1.29 is 46.7 Å². The van der Waals surface area contributed by atoms with E-state index < -0.39 is 47.8 Å². The van der Waals surface area contributed by atoms with E-state index >= 15 is 0 Å². The molecular formula is C77H85F3N18O7. The molecule has 1 saturated carbocycles. The van der Waals surface area contributed by atoms with E-state index in [0.29, 0.717) is 22.6 Å². The van der Waals surface area contributed by atoms with Crippen LogP contribution in [-0.2, 0) is 24.6 Å². The number of alkyl halides is 3. The molecule has 1 aliphatic rings. The number of amides is 6. The standard InChI is InChI=1S/C16H21N3O.C14H13N3O.C14H19N3O.C12H11N3O.C11H10F3N3O2.C10H11N3O/c17-16(18)19-15(20)11-10-13-8-4-5-9-14(13)12-6-2-1-3-7-12;15-14(16)17-13(18)12-8-6-11(7-9-12)10-4-2-1-3-5-10;1-14(2,3)11-6-4-5-10(9-11)7-8-12(18)17-13(15)16;13-12(14)15-11(16)10-7-3-5-8-4-1-2-6-9(8)10;12-11(13,14)19-8-3-1-2-7(6-8)4-5-9(18)17-10(15)16;11-10(12)13-9(14)7-6-8-4-2-1-3-5-8/h4-5,8-12H,1-3,6-7H2,(H4,17,18,19,20);1-9H,(H4,15,16,17,18);4-9H,1-3H3,(H4,15,16,17,18);1-7H,(H4,13,14,15,16);1-6H,(H4,15,16,17,18);1-7H,(H4,11,12,13,14). The van der Waals surface area contributed by atoms with Crippen LogP contribution in [0.1, 0.15) is 113 Å². The predicted octanol–water partition coefficient (Wildman–Crippen LogP) is 9.26. The van der Waals surface area contributed by atoms with Crippen LogP contribution >= 0.6 is 0 Å². The number of rotatable bonds is 13. The highest BCUT2D eigenvalue weighted by Gasteiger charge is 2.31. The van der Waals surface area contributed by atoms with Crippen molar-refractivity contribution in [2.24, 2.45) is 98.8 Å². The summed E-state index contributed by atoms with van der Waals surface area (Å²) in [6.45, 7) is 6.42. The van der Waals surface area contributed by atoms with Crippen LogP contribution in [0.5, 0.6) is 5.75 Å². The van der Waals surface area contributed by atoms with Crippen LogP contribution in [-0.4, -0.2) is 77.6 Å². The van der Waals surface area contributed by atoms with Gasteiger partial charge in [0.2, 0.25) is 0 Å². The molecule has 0 radical (unpaired) electrons. The molecular weight excluding hydrogens is 1350 g/mol. The summed E-state index contributed by atoms with van der Waals surface area (Å²) in [7, 11) is 0. The molecule has 546 valence electrons. The number of nitrogens with zero attached hydrogens (tertiary/aromatic N) is 6. The Morgan fingerprint density at radius 3 is 1.32 bits per heavy atom. The number of ether oxygens (including phenoxy) is 1. The Morgan fingerprint density at radius 1 is 0.400 bits per heavy atom. The second kappa shape index (κ2) is 43.0. The SMILES string of the molecule is CC(C)(C)c1cccc(C=CC(=O)N=C(N)N)c1.NC(N)=NC(=O)C=Cc1cccc(OC(F)(F)F)c1.NC(N)=NC(=O)C=Cc1ccccc1.NC(N)=NC(=O)C=Cc1ccccc1C1CCCCC1.NC(N)=NC(=O)c1ccc(-c2ccccc2)cc1.NC(N)=NC(=O)c1cccc2ccccc12. The molecule has 1 aliphatic carbocycles. The predicted molar refractivity (Wildman–Crippen MR) is 412 cm³/mol. The maximum atomic E-state index is 12.0. The van der Waals surface area contributed by atoms with E-state index in [1.54, 1.807) is 42.5 Å². The van der Waals surface area contributed by atoms with Gasteiger partial charge >= 0.3 is 6.36 Å². The molecule has 0 spiro atoms. The molecule has 0 bridgehead atoms. The first-order valence-electron chi connectivity index (χ1n) is 32.0. The third-order valence-corrected chi connectivity index (χ3v) is 14.0. The molecule has 28 heteroatoms. The summed E-state index contributed by atoms with van der Waals surface area (Å²) in [5.74, 6) is -4.23. The molecule has 9 rings (SSSR count). The molecule has 24 N–H and O–H groups in total. The summed E-state index contributed by atoms with van der Waals surface area (Å²) in [4.78, 5) is 88.6. The minimum Gasteiger partial charge on any atom is -0.406 e. The van der Waals surface area contributed by atoms with Crippen molar-refractivity contribution in [1.29, 1.82) is 0 Å². The molecule has 25 nitrogen and oxygen atoms in total. The number of fused-ring (bicyclic) bond motifs is 1. The van der Waals surface area contributed by atoms with Crippen LogP contribution in [0.4, 0.5) is 13.2 Å². The Labute approximate surface area is 605 Å². The third-order valence-electron chi connectivity index (χ3n) is 14.0. The normalized spacial score (nSPS) is 11.6. The number of carbonyl (C=O) groups is 6. The molecule has 0 atom stereocenters. The van der Waals surface area contributed by atoms with Gasteiger partial charge in [-0.25, -0.2) is 0 Å². The fourth-order valence-electron chi connectivity index (χ4n) is 9.47. The number of hydrogen-bond acceptors (Lipinski definition) is 7. The van der Waals surface area contributed by atoms with Gasteiger partial charge in [-0.2, -0.15) is 30.0 Å². The molecule has 1 fully saturated rings. The summed E-state index contributed by atoms with van der Waals surface area (Å²) in [5.41, 5.74) is 70.3. The van der Waals surface area contributed by atoms with Gasteiger partial charge < -0.3 is 73.5 Å². The van der Waals surface area contributed by atoms with Crippen LogP contribution in [0, 0.1) is 0 Å². The summed E-state index contributed by atoms with van der Waals surface area (Å²) < 4.78 is 39.7. The maximum Gasteiger partial charge on any atom is 0.573 e. The van der Waals surface area contributed by atoms with Gasteiger partial charge in [0.15, 0.2) is 35.8 Å². The molecule has 0 unspecified atom stereocenters. The van der Waals surface area contributed by atoms with Crippen LogP contribution in [0.3, 0.4) is 0 Å². The smallest absolute Gasteiger partial charge is 0.406 e. The zero-order valence-corrected chi connectivity index (χ0v) is 57.9. The average molecular weight is 1430 g/mol. The van der Waals surface area contributed by atoms with Gasteiger partial charge in [0.05, 0.1) is 0 Å². The average Bonchev–Trinajstić information content (AvgIpc) is 0.854. The lowest BCUT2D eigenvalue weighted by Gasteiger charge is -2.23. The number of nitrogens with two attached hydrogens (primary N) is 12. The molecule has 105 heavy (non-hydrogen) atoms. The van der Waals surface area contributed by atoms with Crippen molar-refractivity contribution >= 4 is 106 Å². The number of benzene rings is 8. The Kier molecular flexibility index (Phi) is 34.2. The van der Waals surface area contributed by atoms with Gasteiger partial charge in [-0.15, -0.1) is 13.2 Å². The molecule has 8 aromatic carbocycles. The second-order valence-corrected chi connectivity index (χ2v) is 23.4. The monoisotopic (exact) mass is 1430 g/mol. The maximum absolute atomic E-state index is 12.0. The Hall–Kier alpha value is -13.8. The van der Waals surface area contributed by atoms with E-state index in [4.69, 9.17) is 68.8 Å². The summed E-state index contributed by atoms with van der Waals surface area (Å²) in [6, 6.07) is 60.8. The quantitative estimate of drug-likeness (QED) is 0.0290. The lowest BCUT2D eigenvalue weighted by molar-refractivity contribution is -0.274. The van der Waals surface area contributed by atoms with Crippen LogP contribution in [0.2, 0.25) is 0 Å². The fourth-order valence-corrected chi connectivity index (χ4v) is 9.47. The molecule has 6 amide bonds.